The number of nitrogens with one attached hydrogen (secondary N) is 3. The molecule has 2 aromatic carbocycles. The van der Waals surface area contributed by atoms with Crippen LogP contribution in [0.15, 0.2) is 64.2 Å². The second-order valence-electron chi connectivity index (χ2n) is 9.62. The standard InChI is InChI=1S/C27H31N5O7/c1-15(2)12-19(23(34)30-20(26(37)38)14-22(28)33)29-24(35)21(13-16-8-4-3-5-9-16)32-25(36)17-10-6-7-11-18(17)31-27(32)39/h3-11,15,19-21H,12-14H2,1-2H3,(H2,28,33)(H,29,35)(H,30,34)(H,31,39)(H,37,38)/t19-,20-,21-/m0/s1. The SMILES string of the molecule is CC(C)C[C@H](NC(=O)[C@H](Cc1ccccc1)n1c(=O)[nH]c2ccccc2c1=O)C(=O)N[C@@H](CC(N)=O)C(=O)O. The maximum absolute atomic E-state index is 13.7. The molecule has 3 aromatic rings. The number of aliphatic carboxylic acids is 1. The van der Waals surface area contributed by atoms with Crippen LogP contribution in [-0.4, -0.2) is 50.4 Å². The van der Waals surface area contributed by atoms with Crippen molar-refractivity contribution in [1.82, 2.24) is 20.2 Å². The van der Waals surface area contributed by atoms with E-state index in [9.17, 15) is 33.9 Å². The summed E-state index contributed by atoms with van der Waals surface area (Å²) in [5, 5.41) is 14.4. The molecule has 3 amide bonds. The van der Waals surface area contributed by atoms with Crippen LogP contribution in [0.2, 0.25) is 0 Å². The van der Waals surface area contributed by atoms with Gasteiger partial charge in [-0.2, -0.15) is 0 Å². The van der Waals surface area contributed by atoms with Crippen LogP contribution in [0, 0.1) is 5.92 Å². The van der Waals surface area contributed by atoms with Gasteiger partial charge in [0.25, 0.3) is 5.56 Å². The van der Waals surface area contributed by atoms with Gasteiger partial charge in [0.2, 0.25) is 17.7 Å². The van der Waals surface area contributed by atoms with Gasteiger partial charge in [-0.3, -0.25) is 19.2 Å². The van der Waals surface area contributed by atoms with E-state index in [-0.39, 0.29) is 24.1 Å². The number of aromatic amines is 1. The molecule has 0 saturated heterocycles. The van der Waals surface area contributed by atoms with Gasteiger partial charge >= 0.3 is 11.7 Å². The minimum absolute atomic E-state index is 0.0382. The number of carbonyl (C=O) groups is 4. The summed E-state index contributed by atoms with van der Waals surface area (Å²) < 4.78 is 0.822. The van der Waals surface area contributed by atoms with Gasteiger partial charge in [0.05, 0.1) is 17.3 Å². The fourth-order valence-electron chi connectivity index (χ4n) is 4.24. The topological polar surface area (TPSA) is 193 Å². The molecule has 12 nitrogen and oxygen atoms in total. The van der Waals surface area contributed by atoms with Crippen LogP contribution in [0.25, 0.3) is 10.9 Å². The molecule has 39 heavy (non-hydrogen) atoms. The van der Waals surface area contributed by atoms with Crippen LogP contribution in [0.5, 0.6) is 0 Å². The molecule has 0 fully saturated rings. The third-order valence-corrected chi connectivity index (χ3v) is 6.08. The highest BCUT2D eigenvalue weighted by atomic mass is 16.4. The minimum atomic E-state index is -1.59. The quantitative estimate of drug-likeness (QED) is 0.221. The number of nitrogens with zero attached hydrogens (tertiary/aromatic N) is 1. The van der Waals surface area contributed by atoms with Crippen molar-refractivity contribution in [3.8, 4) is 0 Å². The highest BCUT2D eigenvalue weighted by Gasteiger charge is 2.32. The molecule has 12 heteroatoms. The van der Waals surface area contributed by atoms with Gasteiger partial charge in [-0.1, -0.05) is 56.3 Å². The van der Waals surface area contributed by atoms with Crippen molar-refractivity contribution in [2.45, 2.75) is 51.2 Å². The lowest BCUT2D eigenvalue weighted by atomic mass is 10.0. The molecule has 0 aliphatic rings. The van der Waals surface area contributed by atoms with Crippen molar-refractivity contribution < 1.29 is 24.3 Å². The first-order valence-corrected chi connectivity index (χ1v) is 12.4. The second-order valence-corrected chi connectivity index (χ2v) is 9.62. The Morgan fingerprint density at radius 1 is 0.923 bits per heavy atom. The summed E-state index contributed by atoms with van der Waals surface area (Å²) in [5.74, 6) is -4.13. The van der Waals surface area contributed by atoms with Crippen molar-refractivity contribution >= 4 is 34.6 Å². The first-order valence-electron chi connectivity index (χ1n) is 12.4. The van der Waals surface area contributed by atoms with Crippen LogP contribution < -0.4 is 27.6 Å². The molecule has 0 bridgehead atoms. The van der Waals surface area contributed by atoms with E-state index in [1.807, 2.05) is 0 Å². The number of hydrogen-bond acceptors (Lipinski definition) is 6. The number of rotatable bonds is 12. The van der Waals surface area contributed by atoms with Gasteiger partial charge in [-0.15, -0.1) is 0 Å². The molecule has 0 saturated carbocycles. The second kappa shape index (κ2) is 12.7. The Hall–Kier alpha value is -4.74. The predicted octanol–water partition coefficient (Wildman–Crippen LogP) is 0.449. The van der Waals surface area contributed by atoms with Crippen molar-refractivity contribution in [3.05, 3.63) is 81.0 Å². The molecule has 0 radical (unpaired) electrons. The number of primary amides is 1. The molecule has 0 spiro atoms. The van der Waals surface area contributed by atoms with Crippen molar-refractivity contribution in [2.75, 3.05) is 0 Å². The van der Waals surface area contributed by atoms with Crippen LogP contribution >= 0.6 is 0 Å². The van der Waals surface area contributed by atoms with Crippen LogP contribution in [0.3, 0.4) is 0 Å². The maximum atomic E-state index is 13.7. The largest absolute Gasteiger partial charge is 0.480 e. The summed E-state index contributed by atoms with van der Waals surface area (Å²) in [6.07, 6.45) is -0.563. The Morgan fingerprint density at radius 2 is 1.54 bits per heavy atom. The van der Waals surface area contributed by atoms with E-state index in [4.69, 9.17) is 5.73 Å². The first-order chi connectivity index (χ1) is 18.5. The molecule has 1 aromatic heterocycles. The zero-order chi connectivity index (χ0) is 28.7. The normalized spacial score (nSPS) is 13.4. The number of carboxylic acids is 1. The molecule has 1 heterocycles. The summed E-state index contributed by atoms with van der Waals surface area (Å²) in [5.41, 5.74) is 4.60. The number of nitrogens with two attached hydrogens (primary N) is 1. The van der Waals surface area contributed by atoms with E-state index in [0.717, 1.165) is 4.57 Å². The smallest absolute Gasteiger partial charge is 0.329 e. The van der Waals surface area contributed by atoms with Crippen LogP contribution in [-0.2, 0) is 25.6 Å². The summed E-state index contributed by atoms with van der Waals surface area (Å²) in [6.45, 7) is 3.59. The molecular formula is C27H31N5O7. The number of carbonyl (C=O) groups excluding carboxylic acids is 3. The minimum Gasteiger partial charge on any atom is -0.480 e. The van der Waals surface area contributed by atoms with Gasteiger partial charge in [0, 0.05) is 6.42 Å². The number of carboxylic acid groups (broad SMARTS) is 1. The molecular weight excluding hydrogens is 506 g/mol. The summed E-state index contributed by atoms with van der Waals surface area (Å²) >= 11 is 0. The van der Waals surface area contributed by atoms with E-state index in [0.29, 0.717) is 11.1 Å². The van der Waals surface area contributed by atoms with Gasteiger partial charge in [0.15, 0.2) is 0 Å². The maximum Gasteiger partial charge on any atom is 0.329 e. The Bertz CT molecular complexity index is 1480. The number of aromatic nitrogens is 2. The number of amides is 3. The number of benzene rings is 2. The summed E-state index contributed by atoms with van der Waals surface area (Å²) in [6, 6.07) is 11.0. The fraction of sp³-hybridized carbons (Fsp3) is 0.333. The van der Waals surface area contributed by atoms with E-state index in [1.165, 1.54) is 6.07 Å². The Balaban J connectivity index is 2.01. The Kier molecular flexibility index (Phi) is 9.37. The molecule has 206 valence electrons. The molecule has 3 atom stereocenters. The Labute approximate surface area is 223 Å². The highest BCUT2D eigenvalue weighted by molar-refractivity contribution is 5.93. The third kappa shape index (κ3) is 7.40. The average Bonchev–Trinajstić information content (AvgIpc) is 2.87. The molecule has 0 aliphatic carbocycles. The first kappa shape index (κ1) is 28.8. The van der Waals surface area contributed by atoms with Gasteiger partial charge in [-0.05, 0) is 30.0 Å². The highest BCUT2D eigenvalue weighted by Crippen LogP contribution is 2.15. The van der Waals surface area contributed by atoms with E-state index < -0.39 is 59.5 Å². The number of para-hydroxylation sites is 1. The van der Waals surface area contributed by atoms with Gasteiger partial charge in [-0.25, -0.2) is 14.2 Å². The zero-order valence-electron chi connectivity index (χ0n) is 21.5. The summed E-state index contributed by atoms with van der Waals surface area (Å²) in [4.78, 5) is 78.6. The van der Waals surface area contributed by atoms with Gasteiger partial charge in [0.1, 0.15) is 18.1 Å². The molecule has 6 N–H and O–H groups in total. The third-order valence-electron chi connectivity index (χ3n) is 6.08. The summed E-state index contributed by atoms with van der Waals surface area (Å²) in [7, 11) is 0. The lowest BCUT2D eigenvalue weighted by Crippen LogP contribution is -2.55. The predicted molar refractivity (Wildman–Crippen MR) is 143 cm³/mol. The Morgan fingerprint density at radius 3 is 2.15 bits per heavy atom. The van der Waals surface area contributed by atoms with Crippen molar-refractivity contribution in [3.63, 3.8) is 0 Å². The van der Waals surface area contributed by atoms with Crippen LogP contribution in [0.1, 0.15) is 38.3 Å². The number of hydrogen-bond donors (Lipinski definition) is 5. The number of H-pyrrole nitrogens is 1. The zero-order valence-corrected chi connectivity index (χ0v) is 21.5. The van der Waals surface area contributed by atoms with E-state index in [2.05, 4.69) is 15.6 Å². The van der Waals surface area contributed by atoms with Crippen molar-refractivity contribution in [2.24, 2.45) is 11.7 Å². The fourth-order valence-corrected chi connectivity index (χ4v) is 4.24. The van der Waals surface area contributed by atoms with Crippen LogP contribution in [0.4, 0.5) is 0 Å². The van der Waals surface area contributed by atoms with E-state index in [1.54, 1.807) is 62.4 Å². The average molecular weight is 538 g/mol. The van der Waals surface area contributed by atoms with Crippen molar-refractivity contribution in [1.29, 1.82) is 0 Å². The monoisotopic (exact) mass is 537 g/mol. The molecule has 3 rings (SSSR count). The van der Waals surface area contributed by atoms with Gasteiger partial charge < -0.3 is 26.5 Å². The lowest BCUT2D eigenvalue weighted by Gasteiger charge is -2.25. The van der Waals surface area contributed by atoms with E-state index >= 15 is 0 Å². The molecule has 0 aliphatic heterocycles. The lowest BCUT2D eigenvalue weighted by molar-refractivity contribution is -0.143. The number of fused-ring (bicyclic) bond motifs is 1. The molecule has 0 unspecified atom stereocenters.